The largest absolute Gasteiger partial charge is 0.388 e. The molecule has 0 saturated heterocycles. The predicted molar refractivity (Wildman–Crippen MR) is 66.2 cm³/mol. The van der Waals surface area contributed by atoms with Gasteiger partial charge in [0.2, 0.25) is 0 Å². The van der Waals surface area contributed by atoms with Crippen molar-refractivity contribution < 1.29 is 5.11 Å². The minimum Gasteiger partial charge on any atom is -0.388 e. The maximum Gasteiger partial charge on any atom is 0.0813 e. The minimum absolute atomic E-state index is 0.418. The summed E-state index contributed by atoms with van der Waals surface area (Å²) in [7, 11) is 0. The lowest BCUT2D eigenvalue weighted by molar-refractivity contribution is 0.152. The normalized spacial score (nSPS) is 13.2. The number of aliphatic hydroxyl groups is 1. The van der Waals surface area contributed by atoms with Gasteiger partial charge in [0.15, 0.2) is 0 Å². The van der Waals surface area contributed by atoms with Gasteiger partial charge in [-0.3, -0.25) is 4.98 Å². The molecule has 0 aliphatic rings. The SMILES string of the molecule is CC(C)CC(O)c1cccc2cccnc12. The van der Waals surface area contributed by atoms with Gasteiger partial charge in [-0.1, -0.05) is 38.1 Å². The molecule has 2 rings (SSSR count). The third-order valence-electron chi connectivity index (χ3n) is 2.72. The summed E-state index contributed by atoms with van der Waals surface area (Å²) in [4.78, 5) is 4.35. The van der Waals surface area contributed by atoms with Gasteiger partial charge in [-0.05, 0) is 18.4 Å². The monoisotopic (exact) mass is 215 g/mol. The Labute approximate surface area is 96.0 Å². The van der Waals surface area contributed by atoms with Gasteiger partial charge in [-0.15, -0.1) is 0 Å². The number of aliphatic hydroxyl groups excluding tert-OH is 1. The van der Waals surface area contributed by atoms with Gasteiger partial charge in [0.1, 0.15) is 0 Å². The zero-order chi connectivity index (χ0) is 11.5. The summed E-state index contributed by atoms with van der Waals surface area (Å²) in [5, 5.41) is 11.2. The summed E-state index contributed by atoms with van der Waals surface area (Å²) >= 11 is 0. The molecule has 1 heterocycles. The van der Waals surface area contributed by atoms with E-state index in [4.69, 9.17) is 0 Å². The van der Waals surface area contributed by atoms with Crippen LogP contribution in [0.1, 0.15) is 31.9 Å². The van der Waals surface area contributed by atoms with Crippen molar-refractivity contribution in [3.8, 4) is 0 Å². The molecular formula is C14H17NO. The van der Waals surface area contributed by atoms with E-state index in [0.29, 0.717) is 5.92 Å². The van der Waals surface area contributed by atoms with Crippen LogP contribution in [0, 0.1) is 5.92 Å². The van der Waals surface area contributed by atoms with Crippen LogP contribution >= 0.6 is 0 Å². The number of fused-ring (bicyclic) bond motifs is 1. The number of hydrogen-bond donors (Lipinski definition) is 1. The molecule has 0 spiro atoms. The molecule has 1 aromatic heterocycles. The fourth-order valence-corrected chi connectivity index (χ4v) is 1.97. The summed E-state index contributed by atoms with van der Waals surface area (Å²) in [6.45, 7) is 4.23. The van der Waals surface area contributed by atoms with E-state index in [9.17, 15) is 5.11 Å². The smallest absolute Gasteiger partial charge is 0.0813 e. The van der Waals surface area contributed by atoms with E-state index in [-0.39, 0.29) is 0 Å². The predicted octanol–water partition coefficient (Wildman–Crippen LogP) is 3.31. The molecule has 2 aromatic rings. The van der Waals surface area contributed by atoms with Crippen LogP contribution in [0.2, 0.25) is 0 Å². The highest BCUT2D eigenvalue weighted by Crippen LogP contribution is 2.26. The Morgan fingerprint density at radius 3 is 2.69 bits per heavy atom. The molecule has 0 aliphatic heterocycles. The fraction of sp³-hybridized carbons (Fsp3) is 0.357. The number of para-hydroxylation sites is 1. The van der Waals surface area contributed by atoms with Gasteiger partial charge in [0.05, 0.1) is 11.6 Å². The molecule has 2 nitrogen and oxygen atoms in total. The van der Waals surface area contributed by atoms with Crippen LogP contribution < -0.4 is 0 Å². The van der Waals surface area contributed by atoms with Gasteiger partial charge in [-0.2, -0.15) is 0 Å². The lowest BCUT2D eigenvalue weighted by Crippen LogP contribution is -2.03. The van der Waals surface area contributed by atoms with E-state index in [2.05, 4.69) is 18.8 Å². The lowest BCUT2D eigenvalue weighted by atomic mass is 9.97. The van der Waals surface area contributed by atoms with Gasteiger partial charge in [-0.25, -0.2) is 0 Å². The number of pyridine rings is 1. The molecule has 0 saturated carbocycles. The van der Waals surface area contributed by atoms with E-state index in [1.54, 1.807) is 6.20 Å². The first-order valence-electron chi connectivity index (χ1n) is 5.70. The van der Waals surface area contributed by atoms with Crippen LogP contribution in [-0.2, 0) is 0 Å². The van der Waals surface area contributed by atoms with Gasteiger partial charge in [0, 0.05) is 17.1 Å². The average Bonchev–Trinajstić information content (AvgIpc) is 2.27. The highest BCUT2D eigenvalue weighted by molar-refractivity contribution is 5.81. The van der Waals surface area contributed by atoms with Crippen LogP contribution in [-0.4, -0.2) is 10.1 Å². The van der Waals surface area contributed by atoms with Gasteiger partial charge < -0.3 is 5.11 Å². The van der Waals surface area contributed by atoms with Crippen molar-refractivity contribution in [1.29, 1.82) is 0 Å². The summed E-state index contributed by atoms with van der Waals surface area (Å²) < 4.78 is 0. The molecule has 0 amide bonds. The third-order valence-corrected chi connectivity index (χ3v) is 2.72. The molecule has 0 bridgehead atoms. The Kier molecular flexibility index (Phi) is 3.20. The Balaban J connectivity index is 2.44. The van der Waals surface area contributed by atoms with E-state index in [1.807, 2.05) is 30.3 Å². The third kappa shape index (κ3) is 2.22. The number of aromatic nitrogens is 1. The van der Waals surface area contributed by atoms with Gasteiger partial charge in [0.25, 0.3) is 0 Å². The van der Waals surface area contributed by atoms with Crippen molar-refractivity contribution in [2.75, 3.05) is 0 Å². The maximum absolute atomic E-state index is 10.1. The van der Waals surface area contributed by atoms with Crippen molar-refractivity contribution in [3.05, 3.63) is 42.1 Å². The summed E-state index contributed by atoms with van der Waals surface area (Å²) in [6.07, 6.45) is 2.13. The fourth-order valence-electron chi connectivity index (χ4n) is 1.97. The number of rotatable bonds is 3. The second-order valence-electron chi connectivity index (χ2n) is 4.57. The first-order valence-corrected chi connectivity index (χ1v) is 5.70. The highest BCUT2D eigenvalue weighted by Gasteiger charge is 2.13. The zero-order valence-electron chi connectivity index (χ0n) is 9.72. The molecule has 0 fully saturated rings. The van der Waals surface area contributed by atoms with Crippen molar-refractivity contribution in [2.24, 2.45) is 5.92 Å². The van der Waals surface area contributed by atoms with E-state index in [1.165, 1.54) is 0 Å². The van der Waals surface area contributed by atoms with Gasteiger partial charge >= 0.3 is 0 Å². The molecular weight excluding hydrogens is 198 g/mol. The quantitative estimate of drug-likeness (QED) is 0.852. The summed E-state index contributed by atoms with van der Waals surface area (Å²) in [5.41, 5.74) is 1.85. The molecule has 84 valence electrons. The Hall–Kier alpha value is -1.41. The van der Waals surface area contributed by atoms with Crippen LogP contribution in [0.5, 0.6) is 0 Å². The highest BCUT2D eigenvalue weighted by atomic mass is 16.3. The first-order chi connectivity index (χ1) is 7.68. The lowest BCUT2D eigenvalue weighted by Gasteiger charge is -2.14. The van der Waals surface area contributed by atoms with Crippen molar-refractivity contribution >= 4 is 10.9 Å². The van der Waals surface area contributed by atoms with Crippen LogP contribution in [0.15, 0.2) is 36.5 Å². The van der Waals surface area contributed by atoms with E-state index >= 15 is 0 Å². The Morgan fingerprint density at radius 1 is 1.19 bits per heavy atom. The zero-order valence-corrected chi connectivity index (χ0v) is 9.72. The first kappa shape index (κ1) is 11.1. The minimum atomic E-state index is -0.418. The molecule has 2 heteroatoms. The molecule has 1 unspecified atom stereocenters. The summed E-state index contributed by atoms with van der Waals surface area (Å²) in [6, 6.07) is 9.90. The topological polar surface area (TPSA) is 33.1 Å². The molecule has 16 heavy (non-hydrogen) atoms. The van der Waals surface area contributed by atoms with Crippen molar-refractivity contribution in [1.82, 2.24) is 4.98 Å². The van der Waals surface area contributed by atoms with E-state index in [0.717, 1.165) is 22.9 Å². The second-order valence-corrected chi connectivity index (χ2v) is 4.57. The Morgan fingerprint density at radius 2 is 1.94 bits per heavy atom. The molecule has 0 radical (unpaired) electrons. The maximum atomic E-state index is 10.1. The van der Waals surface area contributed by atoms with Crippen LogP contribution in [0.4, 0.5) is 0 Å². The molecule has 0 aliphatic carbocycles. The van der Waals surface area contributed by atoms with Crippen LogP contribution in [0.3, 0.4) is 0 Å². The average molecular weight is 215 g/mol. The van der Waals surface area contributed by atoms with E-state index < -0.39 is 6.10 Å². The van der Waals surface area contributed by atoms with Crippen molar-refractivity contribution in [3.63, 3.8) is 0 Å². The standard InChI is InChI=1S/C14H17NO/c1-10(2)9-13(16)12-7-3-5-11-6-4-8-15-14(11)12/h3-8,10,13,16H,9H2,1-2H3. The Bertz CT molecular complexity index is 474. The molecule has 1 aromatic carbocycles. The number of hydrogen-bond acceptors (Lipinski definition) is 2. The molecule has 1 atom stereocenters. The van der Waals surface area contributed by atoms with Crippen molar-refractivity contribution in [2.45, 2.75) is 26.4 Å². The number of nitrogens with zero attached hydrogens (tertiary/aromatic N) is 1. The molecule has 1 N–H and O–H groups in total. The summed E-state index contributed by atoms with van der Waals surface area (Å²) in [5.74, 6) is 0.481. The van der Waals surface area contributed by atoms with Crippen LogP contribution in [0.25, 0.3) is 10.9 Å². The number of benzene rings is 1. The second kappa shape index (κ2) is 4.62.